The molecule has 2 aromatic rings. The number of nitrogens with zero attached hydrogens (tertiary/aromatic N) is 1. The zero-order chi connectivity index (χ0) is 38.7. The lowest BCUT2D eigenvalue weighted by Crippen LogP contribution is -2.30. The molecule has 0 spiro atoms. The quantitative estimate of drug-likeness (QED) is 0.0469. The summed E-state index contributed by atoms with van der Waals surface area (Å²) in [5.74, 6) is -4.31. The molecule has 0 amide bonds. The molecule has 50 heavy (non-hydrogen) atoms. The van der Waals surface area contributed by atoms with E-state index < -0.39 is 41.7 Å². The molecule has 0 bridgehead atoms. The van der Waals surface area contributed by atoms with Crippen LogP contribution in [0.1, 0.15) is 28.8 Å². The SMILES string of the molecule is COc1c(F)cc(B(O)O)cc1F.N=C(Br)/C=C\N.NC(=CC=NC1CC1)c1cc(F)c(C=O)c(F)c1.PPP(P(P)P)P(P(P)P)P(P)P. The summed E-state index contributed by atoms with van der Waals surface area (Å²) >= 11 is 2.85. The third-order valence-electron chi connectivity index (χ3n) is 5.31. The second-order valence-corrected chi connectivity index (χ2v) is 57.4. The molecule has 9 unspecified atom stereocenters. The van der Waals surface area contributed by atoms with Crippen LogP contribution in [0.25, 0.3) is 5.70 Å². The van der Waals surface area contributed by atoms with E-state index in [9.17, 15) is 22.4 Å². The lowest BCUT2D eigenvalue weighted by atomic mass is 9.80. The molecular formula is C23H39BBrF4N4O4P13. The molecule has 0 aromatic heterocycles. The summed E-state index contributed by atoms with van der Waals surface area (Å²) in [4.78, 5) is 14.6. The van der Waals surface area contributed by atoms with Crippen LogP contribution in [0, 0.1) is 28.7 Å². The van der Waals surface area contributed by atoms with Crippen molar-refractivity contribution in [2.75, 3.05) is 7.11 Å². The average Bonchev–Trinajstić information content (AvgIpc) is 3.84. The summed E-state index contributed by atoms with van der Waals surface area (Å²) < 4.78 is 57.2. The minimum absolute atomic E-state index is 0.116. The van der Waals surface area contributed by atoms with E-state index in [1.807, 2.05) is 0 Å². The molecule has 9 atom stereocenters. The van der Waals surface area contributed by atoms with Crippen molar-refractivity contribution >= 4 is 157 Å². The van der Waals surface area contributed by atoms with E-state index >= 15 is 0 Å². The number of rotatable bonds is 12. The summed E-state index contributed by atoms with van der Waals surface area (Å²) in [5, 5.41) is 23.9. The average molecular weight is 1000 g/mol. The molecule has 0 radical (unpaired) electrons. The Balaban J connectivity index is 0.000000678. The maximum absolute atomic E-state index is 13.3. The standard InChI is InChI=1S/C13H12F2N2O.C7H7BF2O3.C3H5BrN2.H15P13/c14-11-5-8(6-12(15)10(11)7-18)13(16)3-4-17-9-1-2-9;1-13-7-5(9)2-4(8(11)12)3-6(7)10;4-3(6)1-2-5;1-8-12(9(2)3)13(10(4)5)11(6)7/h3-7,9H,1-2,16H2;2-3,11-12H,1H3;1-2,6H,5H2;8H,1-7H2/b;;2-1-,6-3?;. The number of ether oxygens (including phenoxy) is 1. The van der Waals surface area contributed by atoms with Gasteiger partial charge in [-0.05, 0) is 112 Å². The summed E-state index contributed by atoms with van der Waals surface area (Å²) in [5.41, 5.74) is 10.1. The molecule has 278 valence electrons. The zero-order valence-electron chi connectivity index (χ0n) is 26.2. The summed E-state index contributed by atoms with van der Waals surface area (Å²) in [6.07, 6.45) is 8.06. The van der Waals surface area contributed by atoms with Crippen LogP contribution in [-0.2, 0) is 0 Å². The van der Waals surface area contributed by atoms with Gasteiger partial charge in [0, 0.05) is 17.5 Å². The molecule has 3 rings (SSSR count). The van der Waals surface area contributed by atoms with Crippen molar-refractivity contribution in [3.05, 3.63) is 77.0 Å². The molecule has 8 nitrogen and oxygen atoms in total. The van der Waals surface area contributed by atoms with E-state index in [-0.39, 0.29) is 57.9 Å². The number of carbonyl (C=O) groups is 1. The number of aldehydes is 1. The molecule has 27 heteroatoms. The monoisotopic (exact) mass is 1000 g/mol. The van der Waals surface area contributed by atoms with Crippen molar-refractivity contribution in [2.45, 2.75) is 18.9 Å². The first-order chi connectivity index (χ1) is 23.4. The highest BCUT2D eigenvalue weighted by atomic mass is 79.9. The fraction of sp³-hybridized carbons (Fsp3) is 0.174. The van der Waals surface area contributed by atoms with Crippen LogP contribution >= 0.6 is 121 Å². The second kappa shape index (κ2) is 28.5. The fourth-order valence-electron chi connectivity index (χ4n) is 2.96. The van der Waals surface area contributed by atoms with Crippen molar-refractivity contribution in [3.8, 4) is 5.75 Å². The number of hydrogen-bond donors (Lipinski definition) is 5. The van der Waals surface area contributed by atoms with Gasteiger partial charge in [-0.2, -0.15) is 0 Å². The number of halogens is 5. The number of aliphatic imine (C=N–C) groups is 1. The van der Waals surface area contributed by atoms with Gasteiger partial charge in [0.15, 0.2) is 23.7 Å². The number of nitrogens with one attached hydrogen (secondary N) is 1. The van der Waals surface area contributed by atoms with Gasteiger partial charge in [0.2, 0.25) is 0 Å². The van der Waals surface area contributed by atoms with E-state index in [0.717, 1.165) is 52.2 Å². The highest BCUT2D eigenvalue weighted by Crippen LogP contribution is 3.18. The Kier molecular flexibility index (Phi) is 29.7. The fourth-order valence-corrected chi connectivity index (χ4v) is 130. The van der Waals surface area contributed by atoms with Crippen LogP contribution in [0.4, 0.5) is 17.6 Å². The molecule has 1 aliphatic carbocycles. The maximum Gasteiger partial charge on any atom is 0.488 e. The Morgan fingerprint density at radius 2 is 1.52 bits per heavy atom. The van der Waals surface area contributed by atoms with Crippen LogP contribution in [0.5, 0.6) is 5.75 Å². The van der Waals surface area contributed by atoms with Gasteiger partial charge in [0.05, 0.1) is 23.3 Å². The Morgan fingerprint density at radius 3 is 1.80 bits per heavy atom. The largest absolute Gasteiger partial charge is 0.491 e. The Bertz CT molecular complexity index is 1430. The van der Waals surface area contributed by atoms with Crippen molar-refractivity contribution in [1.29, 1.82) is 5.41 Å². The number of allylic oxidation sites excluding steroid dienone is 2. The van der Waals surface area contributed by atoms with Gasteiger partial charge >= 0.3 is 7.12 Å². The van der Waals surface area contributed by atoms with E-state index in [0.29, 0.717) is 10.7 Å². The summed E-state index contributed by atoms with van der Waals surface area (Å²) in [6.45, 7) is 0.866. The van der Waals surface area contributed by atoms with Crippen LogP contribution < -0.4 is 21.7 Å². The van der Waals surface area contributed by atoms with Gasteiger partial charge in [0.1, 0.15) is 11.6 Å². The molecule has 1 aliphatic rings. The first-order valence-electron chi connectivity index (χ1n) is 13.3. The number of carbonyl (C=O) groups excluding carboxylic acids is 1. The van der Waals surface area contributed by atoms with Gasteiger partial charge < -0.3 is 26.3 Å². The molecule has 0 heterocycles. The molecule has 1 fully saturated rings. The van der Waals surface area contributed by atoms with E-state index in [4.69, 9.17) is 26.9 Å². The van der Waals surface area contributed by atoms with E-state index in [1.165, 1.54) is 24.6 Å². The Hall–Kier alpha value is 2.10. The molecular weight excluding hydrogens is 966 g/mol. The third kappa shape index (κ3) is 20.9. The number of hydrogen-bond acceptors (Lipinski definition) is 8. The molecule has 0 saturated heterocycles. The highest BCUT2D eigenvalue weighted by Gasteiger charge is 2.29. The zero-order valence-corrected chi connectivity index (χ0v) is 41.4. The lowest BCUT2D eigenvalue weighted by molar-refractivity contribution is 0.111. The van der Waals surface area contributed by atoms with Crippen LogP contribution in [0.15, 0.2) is 47.6 Å². The van der Waals surface area contributed by atoms with E-state index in [2.05, 4.69) is 88.2 Å². The third-order valence-corrected chi connectivity index (χ3v) is 78.9. The molecule has 2 aromatic carbocycles. The maximum atomic E-state index is 13.3. The topological polar surface area (TPSA) is 155 Å². The Labute approximate surface area is 322 Å². The normalized spacial score (nSPS) is 13.7. The van der Waals surface area contributed by atoms with Crippen molar-refractivity contribution in [3.63, 3.8) is 0 Å². The van der Waals surface area contributed by atoms with Gasteiger partial charge in [-0.1, -0.05) is 7.96 Å². The molecule has 0 aliphatic heterocycles. The molecule has 7 N–H and O–H groups in total. The first-order valence-corrected chi connectivity index (χ1v) is 36.9. The lowest BCUT2D eigenvalue weighted by Gasteiger charge is -2.34. The van der Waals surface area contributed by atoms with Crippen LogP contribution in [0.3, 0.4) is 0 Å². The highest BCUT2D eigenvalue weighted by molar-refractivity contribution is 9.24. The van der Waals surface area contributed by atoms with Gasteiger partial charge in [-0.15, -0.1) is 62.5 Å². The van der Waals surface area contributed by atoms with Gasteiger partial charge in [-0.25, -0.2) is 17.6 Å². The summed E-state index contributed by atoms with van der Waals surface area (Å²) in [6, 6.07) is 4.02. The minimum atomic E-state index is -1.89. The summed E-state index contributed by atoms with van der Waals surface area (Å²) in [7, 11) is 21.5. The van der Waals surface area contributed by atoms with Crippen molar-refractivity contribution in [1.82, 2.24) is 0 Å². The smallest absolute Gasteiger partial charge is 0.488 e. The van der Waals surface area contributed by atoms with E-state index in [1.54, 1.807) is 0 Å². The van der Waals surface area contributed by atoms with Crippen LogP contribution in [-0.4, -0.2) is 47.4 Å². The minimum Gasteiger partial charge on any atom is -0.491 e. The number of nitrogens with two attached hydrogens (primary N) is 2. The first kappa shape index (κ1) is 52.1. The van der Waals surface area contributed by atoms with Crippen LogP contribution in [0.2, 0.25) is 0 Å². The van der Waals surface area contributed by atoms with Crippen molar-refractivity contribution in [2.24, 2.45) is 16.5 Å². The molecule has 1 saturated carbocycles. The Morgan fingerprint density at radius 1 is 1.02 bits per heavy atom. The predicted molar refractivity (Wildman–Crippen MR) is 249 cm³/mol. The number of benzene rings is 2. The predicted octanol–water partition coefficient (Wildman–Crippen LogP) is 9.97. The van der Waals surface area contributed by atoms with Gasteiger partial charge in [-0.3, -0.25) is 15.2 Å². The van der Waals surface area contributed by atoms with Crippen molar-refractivity contribution < 1.29 is 37.1 Å². The van der Waals surface area contributed by atoms with Gasteiger partial charge in [0.25, 0.3) is 0 Å². The number of methoxy groups -OCH3 is 1. The second-order valence-electron chi connectivity index (χ2n) is 9.05.